The molecule has 0 unspecified atom stereocenters. The molecule has 0 bridgehead atoms. The summed E-state index contributed by atoms with van der Waals surface area (Å²) in [6.45, 7) is 3.89. The van der Waals surface area contributed by atoms with E-state index in [1.165, 1.54) is 18.1 Å². The van der Waals surface area contributed by atoms with Gasteiger partial charge in [0.25, 0.3) is 0 Å². The first-order chi connectivity index (χ1) is 13.1. The fourth-order valence-electron chi connectivity index (χ4n) is 3.33. The van der Waals surface area contributed by atoms with Gasteiger partial charge in [-0.3, -0.25) is 9.80 Å². The minimum atomic E-state index is -1.01. The topological polar surface area (TPSA) is 56.2 Å². The van der Waals surface area contributed by atoms with Crippen molar-refractivity contribution >= 4 is 17.5 Å². The fourth-order valence-corrected chi connectivity index (χ4v) is 3.33. The summed E-state index contributed by atoms with van der Waals surface area (Å²) in [7, 11) is 1.53. The Labute approximate surface area is 158 Å². The van der Waals surface area contributed by atoms with E-state index in [0.29, 0.717) is 43.3 Å². The van der Waals surface area contributed by atoms with Gasteiger partial charge in [0.15, 0.2) is 0 Å². The third-order valence-electron chi connectivity index (χ3n) is 4.81. The van der Waals surface area contributed by atoms with E-state index >= 15 is 0 Å². The van der Waals surface area contributed by atoms with Gasteiger partial charge in [0.1, 0.15) is 11.6 Å². The summed E-state index contributed by atoms with van der Waals surface area (Å²) in [6, 6.07) is 13.9. The molecular weight excluding hydrogens is 349 g/mol. The van der Waals surface area contributed by atoms with Gasteiger partial charge in [-0.1, -0.05) is 24.3 Å². The number of amides is 1. The monoisotopic (exact) mass is 373 g/mol. The zero-order valence-electron chi connectivity index (χ0n) is 15.3. The van der Waals surface area contributed by atoms with Crippen LogP contribution in [0.3, 0.4) is 0 Å². The second-order valence-corrected chi connectivity index (χ2v) is 6.39. The predicted octanol–water partition coefficient (Wildman–Crippen LogP) is 3.14. The second-order valence-electron chi connectivity index (χ2n) is 6.39. The number of carboxylic acid groups (broad SMARTS) is 1. The molecule has 1 saturated heterocycles. The summed E-state index contributed by atoms with van der Waals surface area (Å²) in [5, 5.41) is 9.60. The van der Waals surface area contributed by atoms with Crippen LogP contribution < -0.4 is 14.5 Å². The molecule has 144 valence electrons. The van der Waals surface area contributed by atoms with Crippen molar-refractivity contribution in [2.45, 2.75) is 0 Å². The van der Waals surface area contributed by atoms with Gasteiger partial charge < -0.3 is 14.7 Å². The van der Waals surface area contributed by atoms with Crippen molar-refractivity contribution < 1.29 is 19.0 Å². The quantitative estimate of drug-likeness (QED) is 0.843. The van der Waals surface area contributed by atoms with Gasteiger partial charge in [0, 0.05) is 39.3 Å². The zero-order valence-corrected chi connectivity index (χ0v) is 15.3. The molecule has 2 aromatic carbocycles. The molecule has 0 aliphatic carbocycles. The molecule has 0 saturated carbocycles. The highest BCUT2D eigenvalue weighted by Crippen LogP contribution is 2.27. The van der Waals surface area contributed by atoms with Crippen molar-refractivity contribution in [1.82, 2.24) is 4.90 Å². The molecule has 6 nitrogen and oxygen atoms in total. The maximum Gasteiger partial charge on any atom is 0.411 e. The standard InChI is InChI=1S/C20H24FN3O3/c1-27-19-9-5-4-8-18(19)24(20(25)26)15-12-22-10-13-23(14-11-22)17-7-3-2-6-16(17)21/h2-9H,10-15H2,1H3,(H,25,26). The third kappa shape index (κ3) is 4.49. The first-order valence-corrected chi connectivity index (χ1v) is 8.95. The van der Waals surface area contributed by atoms with E-state index in [9.17, 15) is 14.3 Å². The van der Waals surface area contributed by atoms with Gasteiger partial charge in [-0.2, -0.15) is 0 Å². The van der Waals surface area contributed by atoms with Gasteiger partial charge in [0.2, 0.25) is 0 Å². The van der Waals surface area contributed by atoms with Crippen molar-refractivity contribution in [2.75, 3.05) is 56.2 Å². The van der Waals surface area contributed by atoms with Crippen LogP contribution in [0, 0.1) is 5.82 Å². The molecule has 27 heavy (non-hydrogen) atoms. The normalized spacial score (nSPS) is 14.8. The Kier molecular flexibility index (Phi) is 6.13. The summed E-state index contributed by atoms with van der Waals surface area (Å²) in [5.74, 6) is 0.323. The van der Waals surface area contributed by atoms with E-state index in [-0.39, 0.29) is 5.82 Å². The fraction of sp³-hybridized carbons (Fsp3) is 0.350. The molecule has 0 aromatic heterocycles. The zero-order chi connectivity index (χ0) is 19.2. The number of hydrogen-bond donors (Lipinski definition) is 1. The van der Waals surface area contributed by atoms with E-state index < -0.39 is 6.09 Å². The molecule has 7 heteroatoms. The summed E-state index contributed by atoms with van der Waals surface area (Å²) < 4.78 is 19.2. The number of nitrogens with zero attached hydrogens (tertiary/aromatic N) is 3. The molecule has 0 spiro atoms. The van der Waals surface area contributed by atoms with Crippen LogP contribution in [0.1, 0.15) is 0 Å². The molecule has 3 rings (SSSR count). The van der Waals surface area contributed by atoms with Crippen LogP contribution in [0.5, 0.6) is 5.75 Å². The van der Waals surface area contributed by atoms with E-state index in [1.807, 2.05) is 17.0 Å². The van der Waals surface area contributed by atoms with Gasteiger partial charge >= 0.3 is 6.09 Å². The minimum Gasteiger partial charge on any atom is -0.495 e. The number of methoxy groups -OCH3 is 1. The van der Waals surface area contributed by atoms with Crippen molar-refractivity contribution in [3.05, 3.63) is 54.3 Å². The van der Waals surface area contributed by atoms with Gasteiger partial charge in [-0.05, 0) is 24.3 Å². The first-order valence-electron chi connectivity index (χ1n) is 8.95. The Morgan fingerprint density at radius 1 is 1.11 bits per heavy atom. The highest BCUT2D eigenvalue weighted by atomic mass is 19.1. The molecule has 0 radical (unpaired) electrons. The number of para-hydroxylation sites is 3. The van der Waals surface area contributed by atoms with Crippen LogP contribution in [-0.2, 0) is 0 Å². The predicted molar refractivity (Wildman–Crippen MR) is 103 cm³/mol. The van der Waals surface area contributed by atoms with Crippen LogP contribution >= 0.6 is 0 Å². The number of rotatable bonds is 6. The number of carbonyl (C=O) groups is 1. The third-order valence-corrected chi connectivity index (χ3v) is 4.81. The van der Waals surface area contributed by atoms with E-state index in [4.69, 9.17) is 4.74 Å². The molecule has 0 atom stereocenters. The smallest absolute Gasteiger partial charge is 0.411 e. The average molecular weight is 373 g/mol. The number of benzene rings is 2. The maximum atomic E-state index is 13.9. The summed E-state index contributed by atoms with van der Waals surface area (Å²) in [5.41, 5.74) is 1.16. The Morgan fingerprint density at radius 3 is 2.44 bits per heavy atom. The molecule has 1 amide bonds. The van der Waals surface area contributed by atoms with Crippen LogP contribution in [0.15, 0.2) is 48.5 Å². The number of anilines is 2. The Morgan fingerprint density at radius 2 is 1.78 bits per heavy atom. The van der Waals surface area contributed by atoms with Crippen molar-refractivity contribution in [3.63, 3.8) is 0 Å². The lowest BCUT2D eigenvalue weighted by Gasteiger charge is -2.37. The number of piperazine rings is 1. The van der Waals surface area contributed by atoms with Crippen LogP contribution in [0.25, 0.3) is 0 Å². The number of ether oxygens (including phenoxy) is 1. The lowest BCUT2D eigenvalue weighted by molar-refractivity contribution is 0.198. The average Bonchev–Trinajstić information content (AvgIpc) is 2.69. The second kappa shape index (κ2) is 8.73. The lowest BCUT2D eigenvalue weighted by Crippen LogP contribution is -2.49. The maximum absolute atomic E-state index is 13.9. The Bertz CT molecular complexity index is 779. The van der Waals surface area contributed by atoms with E-state index in [0.717, 1.165) is 13.1 Å². The summed E-state index contributed by atoms with van der Waals surface area (Å²) in [4.78, 5) is 17.3. The van der Waals surface area contributed by atoms with Gasteiger partial charge in [-0.25, -0.2) is 9.18 Å². The highest BCUT2D eigenvalue weighted by molar-refractivity contribution is 5.88. The van der Waals surface area contributed by atoms with E-state index in [2.05, 4.69) is 4.90 Å². The Balaban J connectivity index is 1.58. The molecule has 1 fully saturated rings. The van der Waals surface area contributed by atoms with Crippen LogP contribution in [0.2, 0.25) is 0 Å². The first kappa shape index (κ1) is 19.0. The molecule has 2 aromatic rings. The van der Waals surface area contributed by atoms with Gasteiger partial charge in [0.05, 0.1) is 18.5 Å². The SMILES string of the molecule is COc1ccccc1N(CCN1CCN(c2ccccc2F)CC1)C(=O)O. The number of halogens is 1. The molecular formula is C20H24FN3O3. The molecule has 1 aliphatic rings. The molecule has 1 heterocycles. The molecule has 1 aliphatic heterocycles. The van der Waals surface area contributed by atoms with E-state index in [1.54, 1.807) is 30.3 Å². The van der Waals surface area contributed by atoms with Crippen molar-refractivity contribution in [3.8, 4) is 5.75 Å². The highest BCUT2D eigenvalue weighted by Gasteiger charge is 2.22. The Hall–Kier alpha value is -2.80. The van der Waals surface area contributed by atoms with Crippen LogP contribution in [0.4, 0.5) is 20.6 Å². The molecule has 1 N–H and O–H groups in total. The minimum absolute atomic E-state index is 0.209. The van der Waals surface area contributed by atoms with Crippen molar-refractivity contribution in [1.29, 1.82) is 0 Å². The summed E-state index contributed by atoms with van der Waals surface area (Å²) >= 11 is 0. The van der Waals surface area contributed by atoms with Crippen molar-refractivity contribution in [2.24, 2.45) is 0 Å². The van der Waals surface area contributed by atoms with Gasteiger partial charge in [-0.15, -0.1) is 0 Å². The largest absolute Gasteiger partial charge is 0.495 e. The van der Waals surface area contributed by atoms with Crippen LogP contribution in [-0.4, -0.2) is 62.5 Å². The summed E-state index contributed by atoms with van der Waals surface area (Å²) in [6.07, 6.45) is -1.01. The number of hydrogen-bond acceptors (Lipinski definition) is 4. The lowest BCUT2D eigenvalue weighted by atomic mass is 10.2.